The lowest BCUT2D eigenvalue weighted by molar-refractivity contribution is -0.125. The van der Waals surface area contributed by atoms with Gasteiger partial charge in [-0.3, -0.25) is 19.6 Å². The fourth-order valence-electron chi connectivity index (χ4n) is 5.59. The standard InChI is InChI=1S/C26H26N6O2S/c1-3-23(33)31-13-11-26(16-31)14-17(15-26)32-19-7-5-4-6-18(19)28-25(32)29-24(34)22-9-8-21(35-22)20-10-12-27-30(20)2/h3-10,12,17H,1,11,13-16H2,2H3,(H,28,29,34)/t17-,26-. The largest absolute Gasteiger partial charge is 0.339 e. The molecule has 178 valence electrons. The molecule has 1 aliphatic heterocycles. The van der Waals surface area contributed by atoms with Crippen molar-refractivity contribution in [2.75, 3.05) is 18.4 Å². The van der Waals surface area contributed by atoms with Crippen LogP contribution in [0.15, 0.2) is 61.3 Å². The van der Waals surface area contributed by atoms with Crippen LogP contribution in [-0.4, -0.2) is 49.1 Å². The van der Waals surface area contributed by atoms with Crippen LogP contribution >= 0.6 is 11.3 Å². The fraction of sp³-hybridized carbons (Fsp3) is 0.308. The number of aromatic nitrogens is 4. The summed E-state index contributed by atoms with van der Waals surface area (Å²) in [5.41, 5.74) is 2.99. The summed E-state index contributed by atoms with van der Waals surface area (Å²) in [6.07, 6.45) is 6.07. The molecule has 9 heteroatoms. The zero-order valence-corrected chi connectivity index (χ0v) is 20.3. The molecule has 6 rings (SSSR count). The molecule has 2 aliphatic rings. The Bertz CT molecular complexity index is 1460. The Morgan fingerprint density at radius 1 is 1.20 bits per heavy atom. The van der Waals surface area contributed by atoms with Gasteiger partial charge in [0.05, 0.1) is 26.5 Å². The molecule has 3 aromatic heterocycles. The Hall–Kier alpha value is -3.72. The first-order valence-electron chi connectivity index (χ1n) is 11.7. The lowest BCUT2D eigenvalue weighted by atomic mass is 9.65. The second-order valence-corrected chi connectivity index (χ2v) is 10.6. The maximum Gasteiger partial charge on any atom is 0.268 e. The number of fused-ring (bicyclic) bond motifs is 1. The van der Waals surface area contributed by atoms with Gasteiger partial charge in [-0.2, -0.15) is 5.10 Å². The quantitative estimate of drug-likeness (QED) is 0.421. The van der Waals surface area contributed by atoms with Crippen molar-refractivity contribution in [2.24, 2.45) is 12.5 Å². The third-order valence-electron chi connectivity index (χ3n) is 7.35. The van der Waals surface area contributed by atoms with Crippen LogP contribution in [0.2, 0.25) is 0 Å². The van der Waals surface area contributed by atoms with Gasteiger partial charge < -0.3 is 9.47 Å². The number of likely N-dealkylation sites (tertiary alicyclic amines) is 1. The highest BCUT2D eigenvalue weighted by molar-refractivity contribution is 7.17. The molecule has 1 saturated heterocycles. The van der Waals surface area contributed by atoms with Gasteiger partial charge in [-0.15, -0.1) is 11.3 Å². The molecule has 0 unspecified atom stereocenters. The average Bonchev–Trinajstić information content (AvgIpc) is 3.62. The number of hydrogen-bond acceptors (Lipinski definition) is 5. The number of anilines is 1. The molecule has 1 saturated carbocycles. The molecule has 4 aromatic rings. The van der Waals surface area contributed by atoms with E-state index in [-0.39, 0.29) is 23.3 Å². The number of thiophene rings is 1. The van der Waals surface area contributed by atoms with E-state index in [0.29, 0.717) is 10.8 Å². The Morgan fingerprint density at radius 2 is 2.03 bits per heavy atom. The van der Waals surface area contributed by atoms with Gasteiger partial charge in [-0.25, -0.2) is 4.98 Å². The van der Waals surface area contributed by atoms with Crippen LogP contribution in [0, 0.1) is 5.41 Å². The molecule has 35 heavy (non-hydrogen) atoms. The summed E-state index contributed by atoms with van der Waals surface area (Å²) in [6, 6.07) is 13.9. The predicted molar refractivity (Wildman–Crippen MR) is 136 cm³/mol. The molecule has 0 bridgehead atoms. The smallest absolute Gasteiger partial charge is 0.268 e. The van der Waals surface area contributed by atoms with Gasteiger partial charge in [-0.05, 0) is 61.1 Å². The number of nitrogens with one attached hydrogen (secondary N) is 1. The second kappa shape index (κ2) is 8.20. The number of aryl methyl sites for hydroxylation is 1. The van der Waals surface area contributed by atoms with Crippen LogP contribution in [0.1, 0.15) is 35.0 Å². The third-order valence-corrected chi connectivity index (χ3v) is 8.46. The first-order chi connectivity index (χ1) is 17.0. The Labute approximate surface area is 206 Å². The van der Waals surface area contributed by atoms with E-state index in [1.807, 2.05) is 48.3 Å². The van der Waals surface area contributed by atoms with Gasteiger partial charge in [0.2, 0.25) is 11.9 Å². The van der Waals surface area contributed by atoms with Crippen LogP contribution in [0.5, 0.6) is 0 Å². The van der Waals surface area contributed by atoms with Gasteiger partial charge in [0.25, 0.3) is 5.91 Å². The number of para-hydroxylation sites is 2. The number of rotatable bonds is 5. The highest BCUT2D eigenvalue weighted by Crippen LogP contribution is 2.55. The van der Waals surface area contributed by atoms with Crippen molar-refractivity contribution in [3.8, 4) is 10.6 Å². The Morgan fingerprint density at radius 3 is 2.80 bits per heavy atom. The minimum absolute atomic E-state index is 0.00722. The van der Waals surface area contributed by atoms with E-state index in [2.05, 4.69) is 27.6 Å². The van der Waals surface area contributed by atoms with E-state index in [4.69, 9.17) is 4.98 Å². The molecule has 1 aromatic carbocycles. The molecule has 1 N–H and O–H groups in total. The van der Waals surface area contributed by atoms with Gasteiger partial charge in [-0.1, -0.05) is 18.7 Å². The van der Waals surface area contributed by atoms with Crippen molar-refractivity contribution in [1.82, 2.24) is 24.2 Å². The summed E-state index contributed by atoms with van der Waals surface area (Å²) in [4.78, 5) is 33.6. The van der Waals surface area contributed by atoms with E-state index in [0.717, 1.165) is 54.0 Å². The van der Waals surface area contributed by atoms with Crippen molar-refractivity contribution in [3.63, 3.8) is 0 Å². The molecular formula is C26H26N6O2S. The van der Waals surface area contributed by atoms with Gasteiger partial charge >= 0.3 is 0 Å². The van der Waals surface area contributed by atoms with Crippen molar-refractivity contribution < 1.29 is 9.59 Å². The molecule has 2 fully saturated rings. The van der Waals surface area contributed by atoms with E-state index >= 15 is 0 Å². The predicted octanol–water partition coefficient (Wildman–Crippen LogP) is 4.49. The normalized spacial score (nSPS) is 21.4. The molecular weight excluding hydrogens is 460 g/mol. The summed E-state index contributed by atoms with van der Waals surface area (Å²) in [7, 11) is 1.89. The number of imidazole rings is 1. The molecule has 8 nitrogen and oxygen atoms in total. The highest BCUT2D eigenvalue weighted by atomic mass is 32.1. The van der Waals surface area contributed by atoms with E-state index in [1.165, 1.54) is 17.4 Å². The second-order valence-electron chi connectivity index (χ2n) is 9.53. The van der Waals surface area contributed by atoms with Crippen molar-refractivity contribution >= 4 is 40.1 Å². The van der Waals surface area contributed by atoms with Crippen LogP contribution in [0.25, 0.3) is 21.6 Å². The lowest BCUT2D eigenvalue weighted by Gasteiger charge is -2.46. The zero-order valence-electron chi connectivity index (χ0n) is 19.5. The summed E-state index contributed by atoms with van der Waals surface area (Å²) in [6.45, 7) is 5.18. The molecule has 0 radical (unpaired) electrons. The van der Waals surface area contributed by atoms with Gasteiger partial charge in [0.1, 0.15) is 0 Å². The minimum atomic E-state index is -0.169. The fourth-order valence-corrected chi connectivity index (χ4v) is 6.54. The first-order valence-corrected chi connectivity index (χ1v) is 12.6. The van der Waals surface area contributed by atoms with Gasteiger partial charge in [0, 0.05) is 32.4 Å². The van der Waals surface area contributed by atoms with E-state index in [9.17, 15) is 9.59 Å². The van der Waals surface area contributed by atoms with Crippen molar-refractivity contribution in [1.29, 1.82) is 0 Å². The maximum absolute atomic E-state index is 13.2. The number of amides is 2. The zero-order chi connectivity index (χ0) is 24.2. The summed E-state index contributed by atoms with van der Waals surface area (Å²) >= 11 is 1.44. The Kier molecular flexibility index (Phi) is 5.10. The van der Waals surface area contributed by atoms with Crippen LogP contribution in [0.3, 0.4) is 0 Å². The molecule has 1 aliphatic carbocycles. The summed E-state index contributed by atoms with van der Waals surface area (Å²) < 4.78 is 3.97. The van der Waals surface area contributed by atoms with Crippen LogP contribution in [0.4, 0.5) is 5.95 Å². The molecule has 0 atom stereocenters. The Balaban J connectivity index is 1.25. The highest BCUT2D eigenvalue weighted by Gasteiger charge is 2.50. The maximum atomic E-state index is 13.2. The van der Waals surface area contributed by atoms with E-state index < -0.39 is 0 Å². The topological polar surface area (TPSA) is 85.0 Å². The summed E-state index contributed by atoms with van der Waals surface area (Å²) in [5.74, 6) is 0.411. The van der Waals surface area contributed by atoms with Crippen molar-refractivity contribution in [3.05, 3.63) is 66.2 Å². The van der Waals surface area contributed by atoms with Crippen LogP contribution < -0.4 is 5.32 Å². The lowest BCUT2D eigenvalue weighted by Crippen LogP contribution is -2.42. The van der Waals surface area contributed by atoms with Gasteiger partial charge in [0.15, 0.2) is 0 Å². The SMILES string of the molecule is C=CC(=O)N1CC[C@]2(C1)C[C@H](n1c(NC(=O)c3ccc(-c4ccnn4C)s3)nc3ccccc31)C2. The number of carbonyl (C=O) groups is 2. The van der Waals surface area contributed by atoms with Crippen molar-refractivity contribution in [2.45, 2.75) is 25.3 Å². The third kappa shape index (κ3) is 3.67. The van der Waals surface area contributed by atoms with Crippen LogP contribution in [-0.2, 0) is 11.8 Å². The molecule has 2 amide bonds. The monoisotopic (exact) mass is 486 g/mol. The van der Waals surface area contributed by atoms with E-state index in [1.54, 1.807) is 10.9 Å². The number of carbonyl (C=O) groups excluding carboxylic acids is 2. The number of nitrogens with zero attached hydrogens (tertiary/aromatic N) is 5. The number of hydrogen-bond donors (Lipinski definition) is 1. The summed E-state index contributed by atoms with van der Waals surface area (Å²) in [5, 5.41) is 7.30. The number of benzene rings is 1. The molecule has 4 heterocycles. The average molecular weight is 487 g/mol. The first kappa shape index (κ1) is 21.8. The molecule has 1 spiro atoms. The minimum Gasteiger partial charge on any atom is -0.339 e.